The number of fused-ring (bicyclic) bond motifs is 1. The molecule has 1 aromatic carbocycles. The third-order valence-corrected chi connectivity index (χ3v) is 5.66. The highest BCUT2D eigenvalue weighted by Crippen LogP contribution is 2.40. The van der Waals surface area contributed by atoms with E-state index in [4.69, 9.17) is 9.47 Å². The van der Waals surface area contributed by atoms with Crippen LogP contribution in [0, 0.1) is 0 Å². The zero-order chi connectivity index (χ0) is 24.0. The second-order valence-electron chi connectivity index (χ2n) is 7.47. The summed E-state index contributed by atoms with van der Waals surface area (Å²) in [5.41, 5.74) is -3.32. The van der Waals surface area contributed by atoms with Gasteiger partial charge >= 0.3 is 18.0 Å². The summed E-state index contributed by atoms with van der Waals surface area (Å²) < 4.78 is 76.2. The van der Waals surface area contributed by atoms with Crippen LogP contribution in [0.2, 0.25) is 0 Å². The van der Waals surface area contributed by atoms with Gasteiger partial charge in [0.25, 0.3) is 5.56 Å². The average Bonchev–Trinajstić information content (AvgIpc) is 3.16. The molecule has 0 spiro atoms. The number of hydrogen-bond donors (Lipinski definition) is 1. The van der Waals surface area contributed by atoms with Gasteiger partial charge in [-0.1, -0.05) is 0 Å². The number of hydrogen-bond acceptors (Lipinski definition) is 7. The molecule has 1 atom stereocenters. The summed E-state index contributed by atoms with van der Waals surface area (Å²) >= 11 is 0. The molecule has 10 nitrogen and oxygen atoms in total. The Hall–Kier alpha value is -2.87. The quantitative estimate of drug-likeness (QED) is 0.710. The number of benzene rings is 1. The molecule has 1 aliphatic heterocycles. The van der Waals surface area contributed by atoms with Crippen molar-refractivity contribution in [3.05, 3.63) is 44.1 Å². The van der Waals surface area contributed by atoms with Crippen LogP contribution in [0.4, 0.5) is 18.0 Å². The monoisotopic (exact) mass is 479 g/mol. The SMILES string of the molecule is CC(C)OC(=O)Nn1c(=O)c2cc([C@H]3CCCO3)c(C(F)(F)F)cc2n(S(C)(=O)=O)c1=O. The summed E-state index contributed by atoms with van der Waals surface area (Å²) in [6.07, 6.45) is -6.42. The van der Waals surface area contributed by atoms with Crippen molar-refractivity contribution in [1.29, 1.82) is 0 Å². The number of halogens is 3. The molecule has 1 saturated heterocycles. The predicted molar refractivity (Wildman–Crippen MR) is 107 cm³/mol. The number of carbonyl (C=O) groups is 1. The molecule has 2 heterocycles. The second kappa shape index (κ2) is 8.24. The number of nitrogens with zero attached hydrogens (tertiary/aromatic N) is 2. The molecule has 3 rings (SSSR count). The third kappa shape index (κ3) is 4.50. The van der Waals surface area contributed by atoms with Crippen molar-refractivity contribution in [1.82, 2.24) is 8.65 Å². The molecule has 32 heavy (non-hydrogen) atoms. The Morgan fingerprint density at radius 1 is 1.28 bits per heavy atom. The van der Waals surface area contributed by atoms with Gasteiger partial charge in [-0.25, -0.2) is 23.4 Å². The van der Waals surface area contributed by atoms with Crippen LogP contribution in [0.25, 0.3) is 10.9 Å². The first-order valence-corrected chi connectivity index (χ1v) is 11.3. The van der Waals surface area contributed by atoms with Crippen LogP contribution in [0.3, 0.4) is 0 Å². The van der Waals surface area contributed by atoms with E-state index in [0.29, 0.717) is 18.7 Å². The van der Waals surface area contributed by atoms with Crippen LogP contribution in [0.15, 0.2) is 21.7 Å². The van der Waals surface area contributed by atoms with Crippen molar-refractivity contribution in [2.45, 2.75) is 45.1 Å². The third-order valence-electron chi connectivity index (χ3n) is 4.64. The second-order valence-corrected chi connectivity index (χ2v) is 9.30. The van der Waals surface area contributed by atoms with Crippen LogP contribution in [0.1, 0.15) is 43.9 Å². The number of alkyl halides is 3. The summed E-state index contributed by atoms with van der Waals surface area (Å²) in [5.74, 6) is 0. The van der Waals surface area contributed by atoms with Crippen LogP contribution in [-0.4, -0.2) is 42.1 Å². The van der Waals surface area contributed by atoms with Gasteiger partial charge in [-0.15, -0.1) is 0 Å². The molecule has 0 saturated carbocycles. The van der Waals surface area contributed by atoms with E-state index in [1.165, 1.54) is 13.8 Å². The first-order valence-electron chi connectivity index (χ1n) is 9.44. The lowest BCUT2D eigenvalue weighted by molar-refractivity contribution is -0.139. The number of carbonyl (C=O) groups excluding carboxylic acids is 1. The molecule has 1 aromatic heterocycles. The summed E-state index contributed by atoms with van der Waals surface area (Å²) in [6.45, 7) is 3.20. The van der Waals surface area contributed by atoms with Gasteiger partial charge in [-0.2, -0.15) is 21.8 Å². The topological polar surface area (TPSA) is 126 Å². The first kappa shape index (κ1) is 23.8. The fourth-order valence-electron chi connectivity index (χ4n) is 3.43. The molecule has 2 aromatic rings. The minimum atomic E-state index is -4.91. The van der Waals surface area contributed by atoms with E-state index in [9.17, 15) is 36.0 Å². The summed E-state index contributed by atoms with van der Waals surface area (Å²) in [5, 5.41) is -0.529. The number of amides is 1. The van der Waals surface area contributed by atoms with Crippen LogP contribution < -0.4 is 16.7 Å². The fraction of sp³-hybridized carbons (Fsp3) is 0.500. The van der Waals surface area contributed by atoms with Crippen molar-refractivity contribution in [2.75, 3.05) is 18.3 Å². The van der Waals surface area contributed by atoms with Gasteiger partial charge in [0.05, 0.1) is 34.9 Å². The van der Waals surface area contributed by atoms with Gasteiger partial charge < -0.3 is 9.47 Å². The van der Waals surface area contributed by atoms with Crippen molar-refractivity contribution in [3.63, 3.8) is 0 Å². The summed E-state index contributed by atoms with van der Waals surface area (Å²) in [7, 11) is -4.50. The van der Waals surface area contributed by atoms with Gasteiger partial charge in [0.2, 0.25) is 10.0 Å². The molecule has 0 radical (unpaired) electrons. The zero-order valence-corrected chi connectivity index (χ0v) is 18.0. The smallest absolute Gasteiger partial charge is 0.426 e. The Morgan fingerprint density at radius 3 is 2.44 bits per heavy atom. The Balaban J connectivity index is 2.41. The Bertz CT molecular complexity index is 1290. The van der Waals surface area contributed by atoms with E-state index in [-0.39, 0.29) is 27.2 Å². The molecule has 1 amide bonds. The lowest BCUT2D eigenvalue weighted by Gasteiger charge is -2.20. The summed E-state index contributed by atoms with van der Waals surface area (Å²) in [4.78, 5) is 37.6. The average molecular weight is 479 g/mol. The maximum Gasteiger partial charge on any atom is 0.426 e. The number of ether oxygens (including phenoxy) is 2. The van der Waals surface area contributed by atoms with E-state index >= 15 is 0 Å². The fourth-order valence-corrected chi connectivity index (χ4v) is 4.30. The normalized spacial score (nSPS) is 17.2. The number of aromatic nitrogens is 2. The summed E-state index contributed by atoms with van der Waals surface area (Å²) in [6, 6.07) is 1.29. The molecule has 1 aliphatic rings. The molecule has 1 fully saturated rings. The van der Waals surface area contributed by atoms with Gasteiger partial charge in [0.1, 0.15) is 0 Å². The minimum Gasteiger partial charge on any atom is -0.446 e. The first-order chi connectivity index (χ1) is 14.7. The Labute approximate surface area is 179 Å². The largest absolute Gasteiger partial charge is 0.446 e. The van der Waals surface area contributed by atoms with Crippen molar-refractivity contribution < 1.29 is 35.9 Å². The van der Waals surface area contributed by atoms with Gasteiger partial charge in [-0.3, -0.25) is 4.79 Å². The Morgan fingerprint density at radius 2 is 1.94 bits per heavy atom. The standard InChI is InChI=1S/C18H20F3N3O7S/c1-9(2)31-16(26)22-23-15(25)11-7-10(14-5-4-6-30-14)12(18(19,20)21)8-13(11)24(17(23)27)32(3,28)29/h7-9,14H,4-6H2,1-3H3,(H,22,26)/t14-/m1/s1. The highest BCUT2D eigenvalue weighted by molar-refractivity contribution is 7.89. The van der Waals surface area contributed by atoms with E-state index in [1.807, 2.05) is 5.43 Å². The highest BCUT2D eigenvalue weighted by atomic mass is 32.2. The molecular formula is C18H20F3N3O7S. The Kier molecular flexibility index (Phi) is 6.12. The van der Waals surface area contributed by atoms with E-state index in [2.05, 4.69) is 0 Å². The van der Waals surface area contributed by atoms with Crippen LogP contribution in [0.5, 0.6) is 0 Å². The van der Waals surface area contributed by atoms with E-state index < -0.39 is 62.2 Å². The van der Waals surface area contributed by atoms with Crippen molar-refractivity contribution >= 4 is 27.0 Å². The molecule has 176 valence electrons. The lowest BCUT2D eigenvalue weighted by Crippen LogP contribution is -2.48. The molecule has 0 unspecified atom stereocenters. The van der Waals surface area contributed by atoms with E-state index in [1.54, 1.807) is 0 Å². The molecule has 1 N–H and O–H groups in total. The molecule has 14 heteroatoms. The van der Waals surface area contributed by atoms with Crippen molar-refractivity contribution in [2.24, 2.45) is 0 Å². The van der Waals surface area contributed by atoms with E-state index in [0.717, 1.165) is 6.07 Å². The van der Waals surface area contributed by atoms with Crippen LogP contribution in [-0.2, 0) is 25.7 Å². The number of nitrogens with one attached hydrogen (secondary N) is 1. The lowest BCUT2D eigenvalue weighted by atomic mass is 9.97. The number of rotatable bonds is 4. The van der Waals surface area contributed by atoms with Gasteiger partial charge in [0.15, 0.2) is 0 Å². The highest BCUT2D eigenvalue weighted by Gasteiger charge is 2.38. The van der Waals surface area contributed by atoms with Crippen molar-refractivity contribution in [3.8, 4) is 0 Å². The maximum absolute atomic E-state index is 13.8. The van der Waals surface area contributed by atoms with Gasteiger partial charge in [0, 0.05) is 6.61 Å². The predicted octanol–water partition coefficient (Wildman–Crippen LogP) is 1.93. The minimum absolute atomic E-state index is 0.0217. The maximum atomic E-state index is 13.8. The van der Waals surface area contributed by atoms with Crippen LogP contribution >= 0.6 is 0 Å². The molecule has 0 aliphatic carbocycles. The molecular weight excluding hydrogens is 459 g/mol. The zero-order valence-electron chi connectivity index (χ0n) is 17.2. The molecule has 0 bridgehead atoms. The van der Waals surface area contributed by atoms with Gasteiger partial charge in [-0.05, 0) is 44.4 Å².